The van der Waals surface area contributed by atoms with E-state index in [1.54, 1.807) is 24.3 Å². The number of hydrogen-bond acceptors (Lipinski definition) is 6. The van der Waals surface area contributed by atoms with Crippen molar-refractivity contribution in [1.29, 1.82) is 10.8 Å². The van der Waals surface area contributed by atoms with Gasteiger partial charge in [-0.05, 0) is 74.5 Å². The van der Waals surface area contributed by atoms with Crippen molar-refractivity contribution in [3.63, 3.8) is 0 Å². The zero-order valence-corrected chi connectivity index (χ0v) is 16.2. The fraction of sp³-hybridized carbons (Fsp3) is 0.273. The average Bonchev–Trinajstić information content (AvgIpc) is 2.72. The predicted molar refractivity (Wildman–Crippen MR) is 110 cm³/mol. The number of ether oxygens (including phenoxy) is 4. The minimum atomic E-state index is 0.161. The van der Waals surface area contributed by atoms with Crippen LogP contribution in [-0.2, 0) is 9.47 Å². The van der Waals surface area contributed by atoms with Gasteiger partial charge in [0.2, 0.25) is 11.8 Å². The summed E-state index contributed by atoms with van der Waals surface area (Å²) in [7, 11) is 0. The maximum atomic E-state index is 7.73. The van der Waals surface area contributed by atoms with Crippen LogP contribution >= 0.6 is 0 Å². The Kier molecular flexibility index (Phi) is 8.59. The lowest BCUT2D eigenvalue weighted by Crippen LogP contribution is -2.04. The normalized spacial score (nSPS) is 10.5. The van der Waals surface area contributed by atoms with Gasteiger partial charge in [0, 0.05) is 11.1 Å². The molecule has 2 rings (SSSR count). The van der Waals surface area contributed by atoms with Crippen LogP contribution in [0.1, 0.15) is 25.0 Å². The zero-order chi connectivity index (χ0) is 20.2. The van der Waals surface area contributed by atoms with Crippen molar-refractivity contribution in [1.82, 2.24) is 0 Å². The van der Waals surface area contributed by atoms with Gasteiger partial charge in [-0.3, -0.25) is 10.8 Å². The monoisotopic (exact) mass is 382 g/mol. The fourth-order valence-electron chi connectivity index (χ4n) is 2.29. The second-order valence-corrected chi connectivity index (χ2v) is 5.67. The second-order valence-electron chi connectivity index (χ2n) is 5.67. The van der Waals surface area contributed by atoms with Gasteiger partial charge in [-0.1, -0.05) is 0 Å². The molecule has 0 amide bonds. The quantitative estimate of drug-likeness (QED) is 0.362. The molecule has 6 nitrogen and oxygen atoms in total. The summed E-state index contributed by atoms with van der Waals surface area (Å²) >= 11 is 0. The first-order valence-corrected chi connectivity index (χ1v) is 9.18. The predicted octanol–water partition coefficient (Wildman–Crippen LogP) is 4.42. The molecule has 2 aromatic carbocycles. The largest absolute Gasteiger partial charge is 0.490 e. The molecule has 2 N–H and O–H groups in total. The van der Waals surface area contributed by atoms with Crippen LogP contribution < -0.4 is 9.47 Å². The average molecular weight is 382 g/mol. The molecule has 0 fully saturated rings. The summed E-state index contributed by atoms with van der Waals surface area (Å²) in [6, 6.07) is 14.5. The lowest BCUT2D eigenvalue weighted by atomic mass is 10.2. The van der Waals surface area contributed by atoms with Gasteiger partial charge >= 0.3 is 0 Å². The summed E-state index contributed by atoms with van der Waals surface area (Å²) in [5.41, 5.74) is 1.45. The Morgan fingerprint density at radius 1 is 0.679 bits per heavy atom. The highest BCUT2D eigenvalue weighted by atomic mass is 16.5. The molecule has 28 heavy (non-hydrogen) atoms. The molecule has 0 aromatic heterocycles. The molecular formula is C22H26N2O4. The van der Waals surface area contributed by atoms with Gasteiger partial charge in [0.15, 0.2) is 0 Å². The van der Waals surface area contributed by atoms with Gasteiger partial charge in [-0.15, -0.1) is 0 Å². The topological polar surface area (TPSA) is 84.6 Å². The third kappa shape index (κ3) is 6.79. The third-order valence-electron chi connectivity index (χ3n) is 3.67. The van der Waals surface area contributed by atoms with Gasteiger partial charge in [0.25, 0.3) is 0 Å². The van der Waals surface area contributed by atoms with Crippen LogP contribution in [0.15, 0.2) is 60.7 Å². The molecule has 0 aliphatic rings. The lowest BCUT2D eigenvalue weighted by molar-refractivity contribution is 0.325. The summed E-state index contributed by atoms with van der Waals surface area (Å²) in [5, 5.41) is 15.5. The van der Waals surface area contributed by atoms with E-state index >= 15 is 0 Å². The summed E-state index contributed by atoms with van der Waals surface area (Å²) < 4.78 is 21.6. The second kappa shape index (κ2) is 11.4. The van der Waals surface area contributed by atoms with Gasteiger partial charge in [0.1, 0.15) is 24.7 Å². The van der Waals surface area contributed by atoms with E-state index in [1.807, 2.05) is 50.3 Å². The van der Waals surface area contributed by atoms with Crippen molar-refractivity contribution in [2.24, 2.45) is 0 Å². The van der Waals surface area contributed by atoms with E-state index in [2.05, 4.69) is 0 Å². The first kappa shape index (κ1) is 21.0. The molecule has 0 saturated heterocycles. The molecule has 0 spiro atoms. The summed E-state index contributed by atoms with van der Waals surface area (Å²) in [6.45, 7) is 5.51. The molecule has 0 aliphatic heterocycles. The van der Waals surface area contributed by atoms with E-state index in [1.165, 1.54) is 0 Å². The third-order valence-corrected chi connectivity index (χ3v) is 3.67. The zero-order valence-electron chi connectivity index (χ0n) is 16.2. The van der Waals surface area contributed by atoms with Gasteiger partial charge < -0.3 is 18.9 Å². The van der Waals surface area contributed by atoms with Gasteiger partial charge in [-0.2, -0.15) is 0 Å². The highest BCUT2D eigenvalue weighted by Crippen LogP contribution is 2.14. The van der Waals surface area contributed by atoms with E-state index in [-0.39, 0.29) is 11.8 Å². The van der Waals surface area contributed by atoms with Crippen molar-refractivity contribution in [2.45, 2.75) is 13.8 Å². The molecule has 0 atom stereocenters. The summed E-state index contributed by atoms with van der Waals surface area (Å²) in [4.78, 5) is 0. The fourth-order valence-corrected chi connectivity index (χ4v) is 2.29. The standard InChI is InChI=1S/C22H26N2O4/c1-3-25-21(23)17-7-11-19(12-8-17)27-15-5-6-16-28-20-13-9-18(10-14-20)22(24)26-4-2/h5-14,23-24H,3-4,15-16H2,1-2H3/b6-5-,23-21?,24-22?. The molecule has 0 aliphatic carbocycles. The van der Waals surface area contributed by atoms with Crippen LogP contribution in [0.4, 0.5) is 0 Å². The van der Waals surface area contributed by atoms with Crippen molar-refractivity contribution < 1.29 is 18.9 Å². The highest BCUT2D eigenvalue weighted by Gasteiger charge is 2.02. The van der Waals surface area contributed by atoms with Crippen molar-refractivity contribution >= 4 is 11.8 Å². The molecule has 0 unspecified atom stereocenters. The number of nitrogens with one attached hydrogen (secondary N) is 2. The van der Waals surface area contributed by atoms with E-state index in [0.717, 1.165) is 22.6 Å². The summed E-state index contributed by atoms with van der Waals surface area (Å²) in [5.74, 6) is 1.78. The SMILES string of the molecule is CCOC(=N)c1ccc(OC/C=C\COc2ccc(C(=N)OCC)cc2)cc1. The molecule has 148 valence electrons. The Hall–Kier alpha value is -3.28. The molecule has 2 aromatic rings. The molecule has 6 heteroatoms. The minimum absolute atomic E-state index is 0.161. The Balaban J connectivity index is 1.70. The van der Waals surface area contributed by atoms with Crippen molar-refractivity contribution in [3.8, 4) is 11.5 Å². The lowest BCUT2D eigenvalue weighted by Gasteiger charge is -2.07. The maximum Gasteiger partial charge on any atom is 0.213 e. The maximum absolute atomic E-state index is 7.73. The first-order valence-electron chi connectivity index (χ1n) is 9.18. The van der Waals surface area contributed by atoms with Gasteiger partial charge in [-0.25, -0.2) is 0 Å². The molecule has 0 bridgehead atoms. The van der Waals surface area contributed by atoms with E-state index in [0.29, 0.717) is 26.4 Å². The highest BCUT2D eigenvalue weighted by molar-refractivity contribution is 5.92. The number of hydrogen-bond donors (Lipinski definition) is 2. The molecule has 0 radical (unpaired) electrons. The van der Waals surface area contributed by atoms with Crippen LogP contribution in [-0.4, -0.2) is 38.2 Å². The Bertz CT molecular complexity index is 716. The van der Waals surface area contributed by atoms with E-state index in [4.69, 9.17) is 29.8 Å². The molecule has 0 heterocycles. The van der Waals surface area contributed by atoms with E-state index < -0.39 is 0 Å². The number of benzene rings is 2. The summed E-state index contributed by atoms with van der Waals surface area (Å²) in [6.07, 6.45) is 3.77. The van der Waals surface area contributed by atoms with E-state index in [9.17, 15) is 0 Å². The van der Waals surface area contributed by atoms with Crippen LogP contribution in [0.5, 0.6) is 11.5 Å². The van der Waals surface area contributed by atoms with Crippen LogP contribution in [0, 0.1) is 10.8 Å². The smallest absolute Gasteiger partial charge is 0.213 e. The van der Waals surface area contributed by atoms with Crippen LogP contribution in [0.2, 0.25) is 0 Å². The molecule has 0 saturated carbocycles. The van der Waals surface area contributed by atoms with Crippen LogP contribution in [0.25, 0.3) is 0 Å². The Morgan fingerprint density at radius 2 is 1.04 bits per heavy atom. The van der Waals surface area contributed by atoms with Crippen molar-refractivity contribution in [2.75, 3.05) is 26.4 Å². The van der Waals surface area contributed by atoms with Crippen molar-refractivity contribution in [3.05, 3.63) is 71.8 Å². The van der Waals surface area contributed by atoms with Gasteiger partial charge in [0.05, 0.1) is 13.2 Å². The Labute approximate surface area is 165 Å². The minimum Gasteiger partial charge on any atom is -0.490 e. The molecular weight excluding hydrogens is 356 g/mol. The number of rotatable bonds is 10. The first-order chi connectivity index (χ1) is 13.6. The Morgan fingerprint density at radius 3 is 1.36 bits per heavy atom. The van der Waals surface area contributed by atoms with Crippen LogP contribution in [0.3, 0.4) is 0 Å².